The first-order valence-corrected chi connectivity index (χ1v) is 8.22. The molecule has 2 aliphatic heterocycles. The number of hydrogen-bond acceptors (Lipinski definition) is 5. The Morgan fingerprint density at radius 1 is 1.27 bits per heavy atom. The number of piperazine rings is 1. The zero-order valence-electron chi connectivity index (χ0n) is 14.2. The van der Waals surface area contributed by atoms with Crippen LogP contribution in [0.5, 0.6) is 0 Å². The maximum Gasteiger partial charge on any atom is 0.226 e. The Bertz CT molecular complexity index is 544. The molecule has 1 amide bonds. The number of aromatic nitrogens is 2. The second kappa shape index (κ2) is 7.05. The number of amides is 1. The Labute approximate surface area is 132 Å². The second-order valence-corrected chi connectivity index (χ2v) is 5.81. The van der Waals surface area contributed by atoms with Crippen LogP contribution in [0.4, 0.5) is 11.5 Å². The van der Waals surface area contributed by atoms with Gasteiger partial charge in [0.15, 0.2) is 5.82 Å². The summed E-state index contributed by atoms with van der Waals surface area (Å²) in [6, 6.07) is 0.180. The number of rotatable bonds is 1. The van der Waals surface area contributed by atoms with Gasteiger partial charge in [-0.2, -0.15) is 0 Å². The van der Waals surface area contributed by atoms with Gasteiger partial charge in [-0.05, 0) is 12.8 Å². The molecule has 2 aliphatic rings. The number of fused-ring (bicyclic) bond motifs is 3. The van der Waals surface area contributed by atoms with Crippen LogP contribution < -0.4 is 15.5 Å². The fourth-order valence-electron chi connectivity index (χ4n) is 2.95. The maximum absolute atomic E-state index is 12.1. The first-order valence-electron chi connectivity index (χ1n) is 8.22. The molecule has 22 heavy (non-hydrogen) atoms. The van der Waals surface area contributed by atoms with Crippen LogP contribution >= 0.6 is 0 Å². The largest absolute Gasteiger partial charge is 0.349 e. The summed E-state index contributed by atoms with van der Waals surface area (Å²) >= 11 is 0. The quantitative estimate of drug-likeness (QED) is 0.831. The summed E-state index contributed by atoms with van der Waals surface area (Å²) in [5.74, 6) is 1.96. The van der Waals surface area contributed by atoms with Gasteiger partial charge in [0.2, 0.25) is 5.91 Å². The lowest BCUT2D eigenvalue weighted by atomic mass is 10.1. The Hall–Kier alpha value is -1.69. The highest BCUT2D eigenvalue weighted by atomic mass is 16.1. The molecule has 0 bridgehead atoms. The molecule has 6 nitrogen and oxygen atoms in total. The summed E-state index contributed by atoms with van der Waals surface area (Å²) in [5, 5.41) is 6.37. The first-order chi connectivity index (χ1) is 10.6. The van der Waals surface area contributed by atoms with Gasteiger partial charge in [0, 0.05) is 26.1 Å². The minimum atomic E-state index is 0.0526. The van der Waals surface area contributed by atoms with Gasteiger partial charge in [-0.1, -0.05) is 27.7 Å². The predicted molar refractivity (Wildman–Crippen MR) is 89.5 cm³/mol. The average molecular weight is 305 g/mol. The molecule has 0 aliphatic carbocycles. The Morgan fingerprint density at radius 2 is 2.00 bits per heavy atom. The molecule has 2 N–H and O–H groups in total. The molecule has 6 heteroatoms. The van der Waals surface area contributed by atoms with Gasteiger partial charge in [0.25, 0.3) is 0 Å². The molecule has 0 saturated carbocycles. The highest BCUT2D eigenvalue weighted by molar-refractivity contribution is 5.96. The normalized spacial score (nSPS) is 20.4. The number of nitrogens with one attached hydrogen (secondary N) is 2. The SMILES string of the molecule is CC.Cc1nc(C(C)C)c2c(n1)N1CCNCC1CC(=O)N2. The third-order valence-electron chi connectivity index (χ3n) is 3.88. The van der Waals surface area contributed by atoms with Crippen molar-refractivity contribution in [1.82, 2.24) is 15.3 Å². The van der Waals surface area contributed by atoms with Crippen LogP contribution in [0.2, 0.25) is 0 Å². The van der Waals surface area contributed by atoms with E-state index in [1.54, 1.807) is 0 Å². The first kappa shape index (κ1) is 16.7. The van der Waals surface area contributed by atoms with Crippen molar-refractivity contribution < 1.29 is 4.79 Å². The van der Waals surface area contributed by atoms with E-state index in [1.807, 2.05) is 20.8 Å². The summed E-state index contributed by atoms with van der Waals surface area (Å²) in [4.78, 5) is 23.5. The zero-order valence-corrected chi connectivity index (χ0v) is 14.2. The van der Waals surface area contributed by atoms with Crippen LogP contribution in [0.1, 0.15) is 51.6 Å². The zero-order chi connectivity index (χ0) is 16.3. The summed E-state index contributed by atoms with van der Waals surface area (Å²) in [6.45, 7) is 12.7. The van der Waals surface area contributed by atoms with Gasteiger partial charge in [-0.3, -0.25) is 4.79 Å². The molecule has 1 aromatic rings. The minimum absolute atomic E-state index is 0.0526. The highest BCUT2D eigenvalue weighted by Crippen LogP contribution is 2.35. The molecular formula is C16H27N5O. The van der Waals surface area contributed by atoms with Crippen LogP contribution in [0.25, 0.3) is 0 Å². The molecule has 3 rings (SSSR count). The third kappa shape index (κ3) is 3.21. The molecule has 122 valence electrons. The number of nitrogens with zero attached hydrogens (tertiary/aromatic N) is 3. The molecule has 0 spiro atoms. The van der Waals surface area contributed by atoms with E-state index >= 15 is 0 Å². The highest BCUT2D eigenvalue weighted by Gasteiger charge is 2.33. The number of carbonyl (C=O) groups excluding carboxylic acids is 1. The van der Waals surface area contributed by atoms with Gasteiger partial charge >= 0.3 is 0 Å². The van der Waals surface area contributed by atoms with E-state index in [2.05, 4.69) is 39.3 Å². The van der Waals surface area contributed by atoms with Crippen LogP contribution in [-0.4, -0.2) is 41.6 Å². The number of carbonyl (C=O) groups is 1. The molecule has 1 unspecified atom stereocenters. The van der Waals surface area contributed by atoms with Crippen molar-refractivity contribution >= 4 is 17.4 Å². The van der Waals surface area contributed by atoms with Crippen molar-refractivity contribution in [3.8, 4) is 0 Å². The van der Waals surface area contributed by atoms with E-state index in [0.29, 0.717) is 6.42 Å². The Kier molecular flexibility index (Phi) is 5.34. The maximum atomic E-state index is 12.1. The number of anilines is 2. The second-order valence-electron chi connectivity index (χ2n) is 5.81. The lowest BCUT2D eigenvalue weighted by Gasteiger charge is -2.36. The van der Waals surface area contributed by atoms with E-state index < -0.39 is 0 Å². The minimum Gasteiger partial charge on any atom is -0.349 e. The number of hydrogen-bond donors (Lipinski definition) is 2. The molecule has 1 atom stereocenters. The lowest BCUT2D eigenvalue weighted by Crippen LogP contribution is -2.52. The molecule has 0 aromatic carbocycles. The standard InChI is InChI=1S/C14H21N5O.C2H6/c1-8(2)12-13-14(17-9(3)16-12)19-5-4-15-7-10(19)6-11(20)18-13;1-2/h8,10,15H,4-7H2,1-3H3,(H,18,20);1-2H3. The van der Waals surface area contributed by atoms with E-state index in [1.165, 1.54) is 0 Å². The summed E-state index contributed by atoms with van der Waals surface area (Å²) in [6.07, 6.45) is 0.500. The fourth-order valence-corrected chi connectivity index (χ4v) is 2.95. The van der Waals surface area contributed by atoms with Crippen molar-refractivity contribution in [3.63, 3.8) is 0 Å². The van der Waals surface area contributed by atoms with E-state index in [4.69, 9.17) is 0 Å². The third-order valence-corrected chi connectivity index (χ3v) is 3.88. The van der Waals surface area contributed by atoms with Crippen molar-refractivity contribution in [2.75, 3.05) is 29.9 Å². The lowest BCUT2D eigenvalue weighted by molar-refractivity contribution is -0.116. The average Bonchev–Trinajstić information content (AvgIpc) is 2.64. The monoisotopic (exact) mass is 305 g/mol. The van der Waals surface area contributed by atoms with E-state index in [-0.39, 0.29) is 17.9 Å². The Morgan fingerprint density at radius 3 is 2.68 bits per heavy atom. The fraction of sp³-hybridized carbons (Fsp3) is 0.688. The van der Waals surface area contributed by atoms with Gasteiger partial charge in [0.05, 0.1) is 11.7 Å². The molecule has 1 saturated heterocycles. The topological polar surface area (TPSA) is 70.2 Å². The van der Waals surface area contributed by atoms with Crippen molar-refractivity contribution in [2.45, 2.75) is 53.0 Å². The molecule has 3 heterocycles. The van der Waals surface area contributed by atoms with Gasteiger partial charge < -0.3 is 15.5 Å². The van der Waals surface area contributed by atoms with Crippen molar-refractivity contribution in [3.05, 3.63) is 11.5 Å². The molecule has 0 radical (unpaired) electrons. The van der Waals surface area contributed by atoms with Gasteiger partial charge in [-0.15, -0.1) is 0 Å². The van der Waals surface area contributed by atoms with Crippen LogP contribution in [0.15, 0.2) is 0 Å². The van der Waals surface area contributed by atoms with Crippen molar-refractivity contribution in [1.29, 1.82) is 0 Å². The van der Waals surface area contributed by atoms with Gasteiger partial charge in [0.1, 0.15) is 11.5 Å². The van der Waals surface area contributed by atoms with E-state index in [0.717, 1.165) is 42.7 Å². The van der Waals surface area contributed by atoms with E-state index in [9.17, 15) is 4.79 Å². The molecule has 1 fully saturated rings. The molecule has 1 aromatic heterocycles. The number of aryl methyl sites for hydroxylation is 1. The predicted octanol–water partition coefficient (Wildman–Crippen LogP) is 2.06. The summed E-state index contributed by atoms with van der Waals surface area (Å²) < 4.78 is 0. The summed E-state index contributed by atoms with van der Waals surface area (Å²) in [7, 11) is 0. The summed E-state index contributed by atoms with van der Waals surface area (Å²) in [5.41, 5.74) is 1.74. The Balaban J connectivity index is 0.000000847. The van der Waals surface area contributed by atoms with Crippen LogP contribution in [0.3, 0.4) is 0 Å². The van der Waals surface area contributed by atoms with Crippen molar-refractivity contribution in [2.24, 2.45) is 0 Å². The van der Waals surface area contributed by atoms with Crippen LogP contribution in [0, 0.1) is 6.92 Å². The van der Waals surface area contributed by atoms with Gasteiger partial charge in [-0.25, -0.2) is 9.97 Å². The van der Waals surface area contributed by atoms with Crippen LogP contribution in [-0.2, 0) is 4.79 Å². The smallest absolute Gasteiger partial charge is 0.226 e. The molecular weight excluding hydrogens is 278 g/mol.